The van der Waals surface area contributed by atoms with Crippen molar-refractivity contribution in [3.63, 3.8) is 0 Å². The summed E-state index contributed by atoms with van der Waals surface area (Å²) in [6.07, 6.45) is 29.0. The van der Waals surface area contributed by atoms with Crippen molar-refractivity contribution < 1.29 is 0 Å². The smallest absolute Gasteiger partial charge is 0.0685 e. The third-order valence-electron chi connectivity index (χ3n) is 8.30. The molecule has 1 unspecified atom stereocenters. The minimum atomic E-state index is 0.224. The lowest BCUT2D eigenvalue weighted by Crippen LogP contribution is -2.50. The average Bonchev–Trinajstić information content (AvgIpc) is 2.79. The van der Waals surface area contributed by atoms with Crippen molar-refractivity contribution in [3.8, 4) is 0 Å². The third-order valence-corrected chi connectivity index (χ3v) is 8.30. The van der Waals surface area contributed by atoms with Gasteiger partial charge in [0.05, 0.1) is 5.54 Å². The Hall–Kier alpha value is -0.330. The summed E-state index contributed by atoms with van der Waals surface area (Å²) in [6.45, 7) is 4.34. The summed E-state index contributed by atoms with van der Waals surface area (Å²) in [4.78, 5) is 5.22. The maximum Gasteiger partial charge on any atom is 0.0685 e. The first kappa shape index (κ1) is 20.4. The molecule has 3 rings (SSSR count). The first-order valence-corrected chi connectivity index (χ1v) is 12.4. The van der Waals surface area contributed by atoms with Gasteiger partial charge in [-0.3, -0.25) is 4.99 Å². The number of nitrogens with zero attached hydrogens (tertiary/aromatic N) is 1. The second-order valence-electron chi connectivity index (χ2n) is 9.82. The molecule has 26 heavy (non-hydrogen) atoms. The number of rotatable bonds is 4. The molecule has 3 saturated carbocycles. The van der Waals surface area contributed by atoms with Crippen LogP contribution < -0.4 is 0 Å². The molecule has 0 saturated heterocycles. The molecule has 0 aromatic heterocycles. The summed E-state index contributed by atoms with van der Waals surface area (Å²) in [5, 5.41) is 0. The number of aliphatic imine (C=N–C) groups is 1. The quantitative estimate of drug-likeness (QED) is 0.449. The zero-order chi connectivity index (χ0) is 18.1. The van der Waals surface area contributed by atoms with E-state index in [-0.39, 0.29) is 5.54 Å². The minimum absolute atomic E-state index is 0.224. The molecule has 0 radical (unpaired) electrons. The fraction of sp³-hybridized carbons (Fsp3) is 0.960. The Bertz CT molecular complexity index is 379. The fourth-order valence-electron chi connectivity index (χ4n) is 6.97. The van der Waals surface area contributed by atoms with Gasteiger partial charge in [0.15, 0.2) is 0 Å². The highest BCUT2D eigenvalue weighted by Gasteiger charge is 2.49. The molecular formula is C25H45N. The molecule has 0 aliphatic heterocycles. The number of hydrogen-bond donors (Lipinski definition) is 0. The van der Waals surface area contributed by atoms with Crippen LogP contribution in [0.3, 0.4) is 0 Å². The summed E-state index contributed by atoms with van der Waals surface area (Å²) in [5.74, 6) is 2.49. The fourth-order valence-corrected chi connectivity index (χ4v) is 6.97. The van der Waals surface area contributed by atoms with Crippen LogP contribution in [-0.2, 0) is 0 Å². The van der Waals surface area contributed by atoms with Gasteiger partial charge in [-0.2, -0.15) is 0 Å². The highest BCUT2D eigenvalue weighted by atomic mass is 14.9. The zero-order valence-corrected chi connectivity index (χ0v) is 17.5. The molecule has 0 aromatic rings. The van der Waals surface area contributed by atoms with Crippen molar-refractivity contribution in [1.82, 2.24) is 0 Å². The maximum absolute atomic E-state index is 5.22. The van der Waals surface area contributed by atoms with E-state index < -0.39 is 0 Å². The van der Waals surface area contributed by atoms with Crippen LogP contribution >= 0.6 is 0 Å². The third kappa shape index (κ3) is 4.93. The largest absolute Gasteiger partial charge is 0.293 e. The molecule has 1 atom stereocenters. The van der Waals surface area contributed by atoms with Crippen LogP contribution in [0.15, 0.2) is 4.99 Å². The number of hydrogen-bond acceptors (Lipinski definition) is 1. The Labute approximate surface area is 163 Å². The van der Waals surface area contributed by atoms with E-state index in [4.69, 9.17) is 4.99 Å². The first-order valence-electron chi connectivity index (χ1n) is 12.4. The minimum Gasteiger partial charge on any atom is -0.293 e. The van der Waals surface area contributed by atoms with Crippen LogP contribution in [0.4, 0.5) is 0 Å². The van der Waals surface area contributed by atoms with Crippen molar-refractivity contribution in [2.75, 3.05) is 0 Å². The summed E-state index contributed by atoms with van der Waals surface area (Å²) in [5.41, 5.74) is 0.224. The van der Waals surface area contributed by atoms with Crippen LogP contribution in [0.25, 0.3) is 0 Å². The lowest BCUT2D eigenvalue weighted by Gasteiger charge is -2.51. The molecule has 0 aromatic carbocycles. The molecule has 0 spiro atoms. The van der Waals surface area contributed by atoms with Crippen LogP contribution in [-0.4, -0.2) is 12.3 Å². The van der Waals surface area contributed by atoms with Crippen molar-refractivity contribution in [2.24, 2.45) is 22.7 Å². The van der Waals surface area contributed by atoms with E-state index in [0.29, 0.717) is 0 Å². The summed E-state index contributed by atoms with van der Waals surface area (Å²) >= 11 is 0. The van der Waals surface area contributed by atoms with Crippen LogP contribution in [0.5, 0.6) is 0 Å². The molecule has 150 valence electrons. The topological polar surface area (TPSA) is 12.4 Å². The van der Waals surface area contributed by atoms with Crippen molar-refractivity contribution in [2.45, 2.75) is 134 Å². The van der Waals surface area contributed by atoms with E-state index in [0.717, 1.165) is 17.8 Å². The van der Waals surface area contributed by atoms with Gasteiger partial charge in [-0.1, -0.05) is 89.9 Å². The molecule has 3 aliphatic carbocycles. The van der Waals surface area contributed by atoms with Gasteiger partial charge in [0.25, 0.3) is 0 Å². The van der Waals surface area contributed by atoms with Gasteiger partial charge < -0.3 is 0 Å². The van der Waals surface area contributed by atoms with Gasteiger partial charge in [-0.05, 0) is 63.0 Å². The first-order chi connectivity index (χ1) is 12.9. The predicted molar refractivity (Wildman–Crippen MR) is 115 cm³/mol. The lowest BCUT2D eigenvalue weighted by molar-refractivity contribution is 0.0482. The van der Waals surface area contributed by atoms with Gasteiger partial charge in [-0.25, -0.2) is 0 Å². The second-order valence-corrected chi connectivity index (χ2v) is 9.82. The Morgan fingerprint density at radius 2 is 0.654 bits per heavy atom. The monoisotopic (exact) mass is 359 g/mol. The molecule has 0 amide bonds. The maximum atomic E-state index is 5.22. The van der Waals surface area contributed by atoms with Gasteiger partial charge in [-0.15, -0.1) is 0 Å². The van der Waals surface area contributed by atoms with Crippen molar-refractivity contribution in [1.29, 1.82) is 0 Å². The summed E-state index contributed by atoms with van der Waals surface area (Å²) < 4.78 is 0. The average molecular weight is 360 g/mol. The highest BCUT2D eigenvalue weighted by Crippen LogP contribution is 2.51. The lowest BCUT2D eigenvalue weighted by atomic mass is 9.58. The van der Waals surface area contributed by atoms with E-state index >= 15 is 0 Å². The molecule has 1 nitrogen and oxygen atoms in total. The predicted octanol–water partition coefficient (Wildman–Crippen LogP) is 8.12. The standard InChI is InChI=1S/C25H45N/c1-26-25(24-20-14-9-15-21-24,23-18-12-7-4-8-13-19-23)22-16-10-5-2-3-6-11-17-22/h22-24H,1-21H2. The summed E-state index contributed by atoms with van der Waals surface area (Å²) in [6, 6.07) is 0. The van der Waals surface area contributed by atoms with Gasteiger partial charge in [0.2, 0.25) is 0 Å². The van der Waals surface area contributed by atoms with E-state index in [1.165, 1.54) is 128 Å². The van der Waals surface area contributed by atoms with E-state index in [1.54, 1.807) is 0 Å². The van der Waals surface area contributed by atoms with E-state index in [9.17, 15) is 0 Å². The molecule has 0 bridgehead atoms. The molecule has 1 heteroatoms. The van der Waals surface area contributed by atoms with Gasteiger partial charge in [0.1, 0.15) is 0 Å². The van der Waals surface area contributed by atoms with E-state index in [2.05, 4.69) is 6.72 Å². The SMILES string of the molecule is C=NC(C1CCCCCCCC1)(C1CCCCCCC1)C1CCCCC1. The Balaban J connectivity index is 1.87. The highest BCUT2D eigenvalue weighted by molar-refractivity contribution is 5.28. The normalized spacial score (nSPS) is 28.8. The van der Waals surface area contributed by atoms with Gasteiger partial charge >= 0.3 is 0 Å². The summed E-state index contributed by atoms with van der Waals surface area (Å²) in [7, 11) is 0. The molecule has 0 heterocycles. The Morgan fingerprint density at radius 3 is 0.923 bits per heavy atom. The zero-order valence-electron chi connectivity index (χ0n) is 17.5. The van der Waals surface area contributed by atoms with Crippen molar-refractivity contribution >= 4 is 6.72 Å². The molecular weight excluding hydrogens is 314 g/mol. The Kier molecular flexibility index (Phi) is 8.53. The molecule has 3 fully saturated rings. The molecule has 0 N–H and O–H groups in total. The second kappa shape index (κ2) is 10.9. The Morgan fingerprint density at radius 1 is 0.423 bits per heavy atom. The van der Waals surface area contributed by atoms with Crippen LogP contribution in [0, 0.1) is 17.8 Å². The van der Waals surface area contributed by atoms with Crippen molar-refractivity contribution in [3.05, 3.63) is 0 Å². The molecule has 3 aliphatic rings. The van der Waals surface area contributed by atoms with Gasteiger partial charge in [0, 0.05) is 0 Å². The van der Waals surface area contributed by atoms with Crippen LogP contribution in [0.1, 0.15) is 128 Å². The van der Waals surface area contributed by atoms with Crippen LogP contribution in [0.2, 0.25) is 0 Å². The van der Waals surface area contributed by atoms with E-state index in [1.807, 2.05) is 0 Å².